The molecule has 118 valence electrons. The Hall–Kier alpha value is -1.50. The van der Waals surface area contributed by atoms with Gasteiger partial charge in [-0.2, -0.15) is 0 Å². The maximum Gasteiger partial charge on any atom is 0.252 e. The molecule has 0 spiro atoms. The van der Waals surface area contributed by atoms with E-state index in [2.05, 4.69) is 5.32 Å². The Morgan fingerprint density at radius 1 is 1.36 bits per heavy atom. The molecule has 0 bridgehead atoms. The molecule has 1 amide bonds. The van der Waals surface area contributed by atoms with Crippen molar-refractivity contribution in [3.05, 3.63) is 56.7 Å². The van der Waals surface area contributed by atoms with E-state index in [1.165, 1.54) is 0 Å². The Labute approximate surface area is 136 Å². The van der Waals surface area contributed by atoms with Gasteiger partial charge in [-0.1, -0.05) is 17.7 Å². The van der Waals surface area contributed by atoms with Crippen LogP contribution in [0.5, 0.6) is 0 Å². The van der Waals surface area contributed by atoms with E-state index in [0.717, 1.165) is 17.0 Å². The van der Waals surface area contributed by atoms with Gasteiger partial charge in [-0.05, 0) is 37.7 Å². The number of nitrogens with one attached hydrogen (secondary N) is 1. The van der Waals surface area contributed by atoms with Crippen LogP contribution in [0.2, 0.25) is 5.02 Å². The predicted octanol–water partition coefficient (Wildman–Crippen LogP) is 3.71. The summed E-state index contributed by atoms with van der Waals surface area (Å²) < 4.78 is 26.3. The zero-order valence-electron chi connectivity index (χ0n) is 12.1. The number of amides is 1. The highest BCUT2D eigenvalue weighted by molar-refractivity contribution is 7.10. The van der Waals surface area contributed by atoms with Crippen LogP contribution in [-0.2, 0) is 0 Å². The first-order valence-electron chi connectivity index (χ1n) is 6.52. The molecule has 0 unspecified atom stereocenters. The molecule has 0 saturated heterocycles. The summed E-state index contributed by atoms with van der Waals surface area (Å²) in [6.45, 7) is 0.335. The molecule has 1 aromatic carbocycles. The van der Waals surface area contributed by atoms with Crippen molar-refractivity contribution >= 4 is 28.8 Å². The summed E-state index contributed by atoms with van der Waals surface area (Å²) in [7, 11) is 3.81. The molecule has 3 nitrogen and oxygen atoms in total. The van der Waals surface area contributed by atoms with Crippen molar-refractivity contribution < 1.29 is 13.6 Å². The highest BCUT2D eigenvalue weighted by atomic mass is 35.5. The average Bonchev–Trinajstić information content (AvgIpc) is 2.96. The number of benzene rings is 1. The minimum atomic E-state index is -1.10. The van der Waals surface area contributed by atoms with Gasteiger partial charge in [0.1, 0.15) is 0 Å². The average molecular weight is 345 g/mol. The van der Waals surface area contributed by atoms with Gasteiger partial charge in [-0.15, -0.1) is 11.3 Å². The molecular formula is C15H15ClF2N2OS. The van der Waals surface area contributed by atoms with E-state index in [4.69, 9.17) is 11.6 Å². The summed E-state index contributed by atoms with van der Waals surface area (Å²) in [5.74, 6) is -2.71. The lowest BCUT2D eigenvalue weighted by atomic mass is 10.1. The maximum absolute atomic E-state index is 13.2. The van der Waals surface area contributed by atoms with Crippen molar-refractivity contribution in [3.8, 4) is 0 Å². The molecule has 0 radical (unpaired) electrons. The van der Waals surface area contributed by atoms with E-state index < -0.39 is 17.5 Å². The van der Waals surface area contributed by atoms with E-state index in [0.29, 0.717) is 6.54 Å². The van der Waals surface area contributed by atoms with E-state index >= 15 is 0 Å². The molecule has 0 aliphatic heterocycles. The molecule has 0 fully saturated rings. The summed E-state index contributed by atoms with van der Waals surface area (Å²) in [5, 5.41) is 4.55. The van der Waals surface area contributed by atoms with E-state index in [9.17, 15) is 13.6 Å². The number of halogens is 3. The van der Waals surface area contributed by atoms with Gasteiger partial charge in [0.15, 0.2) is 11.6 Å². The van der Waals surface area contributed by atoms with Crippen LogP contribution in [-0.4, -0.2) is 31.4 Å². The fraction of sp³-hybridized carbons (Fsp3) is 0.267. The summed E-state index contributed by atoms with van der Waals surface area (Å²) >= 11 is 7.38. The second kappa shape index (κ2) is 7.17. The molecule has 0 aliphatic carbocycles. The van der Waals surface area contributed by atoms with Crippen molar-refractivity contribution in [2.75, 3.05) is 20.6 Å². The second-order valence-corrected chi connectivity index (χ2v) is 6.34. The Bertz CT molecular complexity index is 662. The van der Waals surface area contributed by atoms with Crippen LogP contribution >= 0.6 is 22.9 Å². The number of carbonyl (C=O) groups is 1. The molecule has 0 saturated carbocycles. The van der Waals surface area contributed by atoms with Crippen LogP contribution in [0.25, 0.3) is 0 Å². The largest absolute Gasteiger partial charge is 0.350 e. The van der Waals surface area contributed by atoms with Gasteiger partial charge in [-0.25, -0.2) is 8.78 Å². The molecular weight excluding hydrogens is 330 g/mol. The zero-order valence-corrected chi connectivity index (χ0v) is 13.6. The fourth-order valence-corrected chi connectivity index (χ4v) is 3.16. The molecule has 7 heteroatoms. The highest BCUT2D eigenvalue weighted by Crippen LogP contribution is 2.23. The lowest BCUT2D eigenvalue weighted by molar-refractivity contribution is 0.0942. The number of carbonyl (C=O) groups excluding carboxylic acids is 1. The first-order valence-corrected chi connectivity index (χ1v) is 7.78. The predicted molar refractivity (Wildman–Crippen MR) is 84.4 cm³/mol. The standard InChI is InChI=1S/C15H15ClF2N2OS/c1-20(2)13(14-4-3-5-22-14)8-19-15(21)9-6-11(17)12(18)7-10(9)16/h3-7,13H,8H2,1-2H3,(H,19,21)/t13-/m1/s1. The summed E-state index contributed by atoms with van der Waals surface area (Å²) in [6.07, 6.45) is 0. The van der Waals surface area contributed by atoms with Crippen molar-refractivity contribution in [1.29, 1.82) is 0 Å². The molecule has 1 N–H and O–H groups in total. The molecule has 22 heavy (non-hydrogen) atoms. The van der Waals surface area contributed by atoms with Crippen LogP contribution in [0, 0.1) is 11.6 Å². The summed E-state index contributed by atoms with van der Waals surface area (Å²) in [5.41, 5.74) is -0.0794. The Morgan fingerprint density at radius 2 is 2.05 bits per heavy atom. The van der Waals surface area contributed by atoms with E-state index in [-0.39, 0.29) is 16.6 Å². The van der Waals surface area contributed by atoms with Crippen molar-refractivity contribution in [2.24, 2.45) is 0 Å². The third-order valence-electron chi connectivity index (χ3n) is 3.21. The monoisotopic (exact) mass is 344 g/mol. The Balaban J connectivity index is 2.10. The topological polar surface area (TPSA) is 32.3 Å². The Morgan fingerprint density at radius 3 is 2.64 bits per heavy atom. The van der Waals surface area contributed by atoms with Crippen molar-refractivity contribution in [3.63, 3.8) is 0 Å². The maximum atomic E-state index is 13.2. The lowest BCUT2D eigenvalue weighted by Gasteiger charge is -2.23. The van der Waals surface area contributed by atoms with Gasteiger partial charge in [0.25, 0.3) is 5.91 Å². The lowest BCUT2D eigenvalue weighted by Crippen LogP contribution is -2.34. The van der Waals surface area contributed by atoms with Gasteiger partial charge < -0.3 is 10.2 Å². The first kappa shape index (κ1) is 16.9. The zero-order chi connectivity index (χ0) is 16.3. The summed E-state index contributed by atoms with van der Waals surface area (Å²) in [4.78, 5) is 15.2. The molecule has 1 atom stereocenters. The molecule has 0 aliphatic rings. The van der Waals surface area contributed by atoms with Crippen molar-refractivity contribution in [1.82, 2.24) is 10.2 Å². The number of hydrogen-bond donors (Lipinski definition) is 1. The minimum absolute atomic E-state index is 0.00646. The number of hydrogen-bond acceptors (Lipinski definition) is 3. The third-order valence-corrected chi connectivity index (χ3v) is 4.49. The van der Waals surface area contributed by atoms with Gasteiger partial charge >= 0.3 is 0 Å². The number of nitrogens with zero attached hydrogens (tertiary/aromatic N) is 1. The smallest absolute Gasteiger partial charge is 0.252 e. The van der Waals surface area contributed by atoms with E-state index in [1.807, 2.05) is 36.5 Å². The van der Waals surface area contributed by atoms with E-state index in [1.54, 1.807) is 11.3 Å². The van der Waals surface area contributed by atoms with Gasteiger partial charge in [0, 0.05) is 11.4 Å². The quantitative estimate of drug-likeness (QED) is 0.839. The fourth-order valence-electron chi connectivity index (χ4n) is 2.00. The van der Waals surface area contributed by atoms with Gasteiger partial charge in [0.05, 0.1) is 16.6 Å². The molecule has 1 aromatic heterocycles. The second-order valence-electron chi connectivity index (χ2n) is 4.95. The Kier molecular flexibility index (Phi) is 5.50. The van der Waals surface area contributed by atoms with Gasteiger partial charge in [-0.3, -0.25) is 4.79 Å². The van der Waals surface area contributed by atoms with Crippen LogP contribution in [0.1, 0.15) is 21.3 Å². The first-order chi connectivity index (χ1) is 10.4. The van der Waals surface area contributed by atoms with Crippen molar-refractivity contribution in [2.45, 2.75) is 6.04 Å². The van der Waals surface area contributed by atoms with Crippen LogP contribution in [0.3, 0.4) is 0 Å². The minimum Gasteiger partial charge on any atom is -0.350 e. The normalized spacial score (nSPS) is 12.5. The molecule has 2 rings (SSSR count). The summed E-state index contributed by atoms with van der Waals surface area (Å²) in [6, 6.07) is 5.52. The number of likely N-dealkylation sites (N-methyl/N-ethyl adjacent to an activating group) is 1. The van der Waals surface area contributed by atoms with Crippen LogP contribution in [0.4, 0.5) is 8.78 Å². The number of thiophene rings is 1. The van der Waals surface area contributed by atoms with Crippen LogP contribution < -0.4 is 5.32 Å². The van der Waals surface area contributed by atoms with Crippen LogP contribution in [0.15, 0.2) is 29.6 Å². The SMILES string of the molecule is CN(C)[C@H](CNC(=O)c1cc(F)c(F)cc1Cl)c1cccs1. The van der Waals surface area contributed by atoms with Gasteiger partial charge in [0.2, 0.25) is 0 Å². The molecule has 1 heterocycles. The number of rotatable bonds is 5. The third kappa shape index (κ3) is 3.82. The molecule has 2 aromatic rings. The highest BCUT2D eigenvalue weighted by Gasteiger charge is 2.19.